The molecule has 2 aromatic rings. The van der Waals surface area contributed by atoms with Crippen molar-refractivity contribution in [3.63, 3.8) is 0 Å². The molecular formula is C21H25F2N3O4S. The summed E-state index contributed by atoms with van der Waals surface area (Å²) < 4.78 is 56.9. The topological polar surface area (TPSA) is 79.0 Å². The quantitative estimate of drug-likeness (QED) is 0.729. The van der Waals surface area contributed by atoms with Gasteiger partial charge in [-0.25, -0.2) is 13.2 Å². The number of halogens is 2. The number of carbonyl (C=O) groups excluding carboxylic acids is 1. The minimum atomic E-state index is -3.65. The van der Waals surface area contributed by atoms with Crippen molar-refractivity contribution >= 4 is 16.1 Å². The number of nitrogens with zero attached hydrogens (tertiary/aromatic N) is 2. The summed E-state index contributed by atoms with van der Waals surface area (Å²) in [6.45, 7) is 1.46. The number of carbonyl (C=O) groups is 1. The minimum Gasteiger partial charge on any atom is -0.434 e. The molecule has 10 heteroatoms. The van der Waals surface area contributed by atoms with Gasteiger partial charge < -0.3 is 15.0 Å². The van der Waals surface area contributed by atoms with Gasteiger partial charge in [-0.15, -0.1) is 0 Å². The van der Waals surface area contributed by atoms with Crippen LogP contribution in [0.2, 0.25) is 0 Å². The Labute approximate surface area is 180 Å². The van der Waals surface area contributed by atoms with Crippen molar-refractivity contribution in [3.05, 3.63) is 59.2 Å². The lowest BCUT2D eigenvalue weighted by atomic mass is 10.2. The van der Waals surface area contributed by atoms with Gasteiger partial charge >= 0.3 is 12.6 Å². The van der Waals surface area contributed by atoms with Crippen molar-refractivity contribution in [3.8, 4) is 5.75 Å². The van der Waals surface area contributed by atoms with Gasteiger partial charge in [-0.2, -0.15) is 13.1 Å². The number of rotatable bonds is 6. The van der Waals surface area contributed by atoms with Crippen LogP contribution in [0.25, 0.3) is 0 Å². The molecule has 0 saturated carbocycles. The molecule has 0 radical (unpaired) electrons. The fourth-order valence-electron chi connectivity index (χ4n) is 3.40. The largest absolute Gasteiger partial charge is 0.434 e. The fraction of sp³-hybridized carbons (Fsp3) is 0.381. The van der Waals surface area contributed by atoms with E-state index in [4.69, 9.17) is 0 Å². The van der Waals surface area contributed by atoms with Gasteiger partial charge in [-0.1, -0.05) is 30.3 Å². The average Bonchev–Trinajstić information content (AvgIpc) is 2.74. The number of ether oxygens (including phenoxy) is 1. The lowest BCUT2D eigenvalue weighted by molar-refractivity contribution is -0.0504. The third kappa shape index (κ3) is 5.50. The highest BCUT2D eigenvalue weighted by atomic mass is 32.2. The summed E-state index contributed by atoms with van der Waals surface area (Å²) in [5, 5.41) is 2.68. The van der Waals surface area contributed by atoms with Crippen LogP contribution in [-0.4, -0.2) is 56.4 Å². The Balaban J connectivity index is 1.59. The van der Waals surface area contributed by atoms with E-state index in [1.807, 2.05) is 13.0 Å². The first-order valence-electron chi connectivity index (χ1n) is 9.81. The van der Waals surface area contributed by atoms with Crippen LogP contribution in [0.4, 0.5) is 13.6 Å². The molecule has 1 aliphatic heterocycles. The maximum atomic E-state index is 13.0. The highest BCUT2D eigenvalue weighted by Crippen LogP contribution is 2.23. The van der Waals surface area contributed by atoms with Gasteiger partial charge in [0, 0.05) is 38.3 Å². The third-order valence-corrected chi connectivity index (χ3v) is 7.15. The van der Waals surface area contributed by atoms with E-state index in [1.165, 1.54) is 15.3 Å². The predicted octanol–water partition coefficient (Wildman–Crippen LogP) is 3.12. The molecule has 1 saturated heterocycles. The maximum absolute atomic E-state index is 13.0. The molecule has 0 aromatic heterocycles. The standard InChI is InChI=1S/C21H25F2N3O4S/c1-15-7-8-16(2)19(13-15)31(28,29)26-11-9-25(10-12-26)21(27)24-14-17-5-3-4-6-18(17)30-20(22)23/h3-8,13,20H,9-12,14H2,1-2H3,(H,24,27). The third-order valence-electron chi connectivity index (χ3n) is 5.11. The molecule has 0 unspecified atom stereocenters. The van der Waals surface area contributed by atoms with E-state index in [0.717, 1.165) is 5.56 Å². The van der Waals surface area contributed by atoms with E-state index in [1.54, 1.807) is 37.3 Å². The Morgan fingerprint density at radius 1 is 1.10 bits per heavy atom. The van der Waals surface area contributed by atoms with E-state index in [9.17, 15) is 22.0 Å². The minimum absolute atomic E-state index is 0.00207. The molecule has 0 atom stereocenters. The summed E-state index contributed by atoms with van der Waals surface area (Å²) in [5.41, 5.74) is 1.96. The van der Waals surface area contributed by atoms with Gasteiger partial charge in [0.15, 0.2) is 0 Å². The zero-order chi connectivity index (χ0) is 22.6. The second-order valence-electron chi connectivity index (χ2n) is 7.31. The Bertz CT molecular complexity index is 1040. The van der Waals surface area contributed by atoms with E-state index in [2.05, 4.69) is 10.1 Å². The molecule has 1 N–H and O–H groups in total. The first-order valence-corrected chi connectivity index (χ1v) is 11.3. The van der Waals surface area contributed by atoms with Gasteiger partial charge in [0.25, 0.3) is 0 Å². The van der Waals surface area contributed by atoms with Crippen LogP contribution in [0, 0.1) is 13.8 Å². The Kier molecular flexibility index (Phi) is 7.11. The van der Waals surface area contributed by atoms with Crippen molar-refractivity contribution in [1.82, 2.24) is 14.5 Å². The molecule has 7 nitrogen and oxygen atoms in total. The summed E-state index contributed by atoms with van der Waals surface area (Å²) in [5.74, 6) is 0.00207. The first kappa shape index (κ1) is 23.0. The molecule has 0 bridgehead atoms. The summed E-state index contributed by atoms with van der Waals surface area (Å²) in [6, 6.07) is 11.1. The molecule has 2 amide bonds. The number of benzene rings is 2. The lowest BCUT2D eigenvalue weighted by Crippen LogP contribution is -2.53. The monoisotopic (exact) mass is 453 g/mol. The molecule has 1 fully saturated rings. The normalized spacial score (nSPS) is 15.2. The number of hydrogen-bond acceptors (Lipinski definition) is 4. The van der Waals surface area contributed by atoms with Crippen LogP contribution in [0.1, 0.15) is 16.7 Å². The number of aryl methyl sites for hydroxylation is 2. The SMILES string of the molecule is Cc1ccc(C)c(S(=O)(=O)N2CCN(C(=O)NCc3ccccc3OC(F)F)CC2)c1. The maximum Gasteiger partial charge on any atom is 0.387 e. The predicted molar refractivity (Wildman–Crippen MR) is 112 cm³/mol. The highest BCUT2D eigenvalue weighted by molar-refractivity contribution is 7.89. The number of sulfonamides is 1. The van der Waals surface area contributed by atoms with Crippen LogP contribution in [-0.2, 0) is 16.6 Å². The van der Waals surface area contributed by atoms with Crippen molar-refractivity contribution in [2.24, 2.45) is 0 Å². The zero-order valence-electron chi connectivity index (χ0n) is 17.3. The molecule has 2 aromatic carbocycles. The van der Waals surface area contributed by atoms with Crippen LogP contribution in [0.15, 0.2) is 47.4 Å². The second-order valence-corrected chi connectivity index (χ2v) is 9.21. The van der Waals surface area contributed by atoms with Gasteiger partial charge in [0.05, 0.1) is 4.90 Å². The second kappa shape index (κ2) is 9.61. The summed E-state index contributed by atoms with van der Waals surface area (Å²) in [6.07, 6.45) is 0. The number of para-hydroxylation sites is 1. The van der Waals surface area contributed by atoms with Gasteiger partial charge in [0.1, 0.15) is 5.75 Å². The zero-order valence-corrected chi connectivity index (χ0v) is 18.2. The number of alkyl halides is 2. The summed E-state index contributed by atoms with van der Waals surface area (Å²) in [4.78, 5) is 14.3. The molecule has 168 valence electrons. The molecule has 31 heavy (non-hydrogen) atoms. The molecule has 0 aliphatic carbocycles. The van der Waals surface area contributed by atoms with Gasteiger partial charge in [-0.05, 0) is 37.1 Å². The number of piperazine rings is 1. The van der Waals surface area contributed by atoms with Crippen LogP contribution < -0.4 is 10.1 Å². The number of amides is 2. The van der Waals surface area contributed by atoms with Gasteiger partial charge in [-0.3, -0.25) is 0 Å². The number of nitrogens with one attached hydrogen (secondary N) is 1. The van der Waals surface area contributed by atoms with Crippen molar-refractivity contribution < 1.29 is 26.7 Å². The van der Waals surface area contributed by atoms with Gasteiger partial charge in [0.2, 0.25) is 10.0 Å². The van der Waals surface area contributed by atoms with Crippen LogP contribution >= 0.6 is 0 Å². The van der Waals surface area contributed by atoms with Crippen LogP contribution in [0.5, 0.6) is 5.75 Å². The summed E-state index contributed by atoms with van der Waals surface area (Å²) in [7, 11) is -3.65. The Morgan fingerprint density at radius 3 is 2.45 bits per heavy atom. The summed E-state index contributed by atoms with van der Waals surface area (Å²) >= 11 is 0. The van der Waals surface area contributed by atoms with Crippen LogP contribution in [0.3, 0.4) is 0 Å². The van der Waals surface area contributed by atoms with Crippen molar-refractivity contribution in [2.75, 3.05) is 26.2 Å². The smallest absolute Gasteiger partial charge is 0.387 e. The first-order chi connectivity index (χ1) is 14.7. The molecule has 1 aliphatic rings. The molecule has 0 spiro atoms. The van der Waals surface area contributed by atoms with Crippen molar-refractivity contribution in [1.29, 1.82) is 0 Å². The number of urea groups is 1. The van der Waals surface area contributed by atoms with E-state index < -0.39 is 22.7 Å². The average molecular weight is 454 g/mol. The fourth-order valence-corrected chi connectivity index (χ4v) is 5.13. The number of hydrogen-bond donors (Lipinski definition) is 1. The molecule has 1 heterocycles. The lowest BCUT2D eigenvalue weighted by Gasteiger charge is -2.34. The Morgan fingerprint density at radius 2 is 1.77 bits per heavy atom. The van der Waals surface area contributed by atoms with Crippen molar-refractivity contribution in [2.45, 2.75) is 31.9 Å². The van der Waals surface area contributed by atoms with E-state index in [-0.39, 0.29) is 43.4 Å². The molecular weight excluding hydrogens is 428 g/mol. The molecule has 3 rings (SSSR count). The highest BCUT2D eigenvalue weighted by Gasteiger charge is 2.31. The van der Waals surface area contributed by atoms with E-state index in [0.29, 0.717) is 11.1 Å². The van der Waals surface area contributed by atoms with E-state index >= 15 is 0 Å². The Hall–Kier alpha value is -2.72.